The highest BCUT2D eigenvalue weighted by atomic mass is 19.4. The van der Waals surface area contributed by atoms with Crippen LogP contribution in [0.4, 0.5) is 13.2 Å². The Labute approximate surface area is 108 Å². The lowest BCUT2D eigenvalue weighted by Gasteiger charge is -2.17. The van der Waals surface area contributed by atoms with Crippen LogP contribution < -0.4 is 5.32 Å². The fourth-order valence-corrected chi connectivity index (χ4v) is 2.36. The Balaban J connectivity index is 2.06. The van der Waals surface area contributed by atoms with E-state index in [1.807, 2.05) is 0 Å². The van der Waals surface area contributed by atoms with Crippen LogP contribution >= 0.6 is 0 Å². The van der Waals surface area contributed by atoms with Crippen molar-refractivity contribution in [2.24, 2.45) is 11.8 Å². The smallest absolute Gasteiger partial charge is 0.316 e. The summed E-state index contributed by atoms with van der Waals surface area (Å²) in [7, 11) is 0. The van der Waals surface area contributed by atoms with Gasteiger partial charge in [-0.2, -0.15) is 13.2 Å². The minimum atomic E-state index is -4.00. The van der Waals surface area contributed by atoms with E-state index >= 15 is 0 Å². The molecule has 0 bridgehead atoms. The van der Waals surface area contributed by atoms with Gasteiger partial charge in [0.1, 0.15) is 0 Å². The Morgan fingerprint density at radius 1 is 1.33 bits per heavy atom. The molecule has 0 aromatic rings. The summed E-state index contributed by atoms with van der Waals surface area (Å²) in [5.41, 5.74) is 0. The Morgan fingerprint density at radius 2 is 2.06 bits per heavy atom. The van der Waals surface area contributed by atoms with Crippen LogP contribution in [-0.4, -0.2) is 43.8 Å². The Hall–Kier alpha value is -0.290. The maximum atomic E-state index is 12.0. The molecule has 1 saturated heterocycles. The first kappa shape index (κ1) is 15.8. The average Bonchev–Trinajstić information content (AvgIpc) is 2.63. The molecule has 1 N–H and O–H groups in total. The van der Waals surface area contributed by atoms with Crippen LogP contribution in [0.15, 0.2) is 0 Å². The number of hydrogen-bond acceptors (Lipinski definition) is 2. The van der Waals surface area contributed by atoms with E-state index in [1.165, 1.54) is 0 Å². The largest absolute Gasteiger partial charge is 0.389 e. The van der Waals surface area contributed by atoms with Gasteiger partial charge in [0, 0.05) is 13.0 Å². The van der Waals surface area contributed by atoms with Crippen molar-refractivity contribution in [1.82, 2.24) is 10.2 Å². The number of nitrogens with zero attached hydrogens (tertiary/aromatic N) is 1. The van der Waals surface area contributed by atoms with Gasteiger partial charge in [-0.05, 0) is 50.9 Å². The van der Waals surface area contributed by atoms with E-state index in [4.69, 9.17) is 0 Å². The zero-order chi connectivity index (χ0) is 13.6. The summed E-state index contributed by atoms with van der Waals surface area (Å²) < 4.78 is 36.1. The average molecular weight is 266 g/mol. The third-order valence-corrected chi connectivity index (χ3v) is 3.29. The quantitative estimate of drug-likeness (QED) is 0.762. The van der Waals surface area contributed by atoms with E-state index in [0.717, 1.165) is 32.6 Å². The highest BCUT2D eigenvalue weighted by molar-refractivity contribution is 4.77. The van der Waals surface area contributed by atoms with E-state index in [2.05, 4.69) is 24.1 Å². The molecule has 1 heterocycles. The zero-order valence-corrected chi connectivity index (χ0v) is 11.4. The normalized spacial score (nSPS) is 22.0. The Kier molecular flexibility index (Phi) is 6.43. The Bertz CT molecular complexity index is 229. The molecule has 0 aromatic carbocycles. The molecule has 2 nitrogen and oxygen atoms in total. The van der Waals surface area contributed by atoms with Crippen LogP contribution in [0.1, 0.15) is 33.1 Å². The van der Waals surface area contributed by atoms with Crippen LogP contribution in [0.2, 0.25) is 0 Å². The number of nitrogens with one attached hydrogen (secondary N) is 1. The van der Waals surface area contributed by atoms with E-state index in [1.54, 1.807) is 0 Å². The summed E-state index contributed by atoms with van der Waals surface area (Å²) in [5.74, 6) is 1.25. The van der Waals surface area contributed by atoms with E-state index < -0.39 is 12.6 Å². The van der Waals surface area contributed by atoms with Crippen molar-refractivity contribution in [3.8, 4) is 0 Å². The van der Waals surface area contributed by atoms with Gasteiger partial charge in [0.05, 0.1) is 0 Å². The molecular formula is C13H25F3N2. The molecule has 0 spiro atoms. The number of halogens is 3. The zero-order valence-electron chi connectivity index (χ0n) is 11.4. The summed E-state index contributed by atoms with van der Waals surface area (Å²) in [5, 5.41) is 3.42. The van der Waals surface area contributed by atoms with Crippen molar-refractivity contribution in [2.75, 3.05) is 32.7 Å². The molecule has 1 aliphatic heterocycles. The van der Waals surface area contributed by atoms with Crippen LogP contribution in [0.5, 0.6) is 0 Å². The molecule has 0 saturated carbocycles. The maximum Gasteiger partial charge on any atom is 0.389 e. The topological polar surface area (TPSA) is 15.3 Å². The lowest BCUT2D eigenvalue weighted by molar-refractivity contribution is -0.136. The number of hydrogen-bond donors (Lipinski definition) is 1. The molecule has 1 rings (SSSR count). The highest BCUT2D eigenvalue weighted by Gasteiger charge is 2.28. The summed E-state index contributed by atoms with van der Waals surface area (Å²) in [6.45, 7) is 8.84. The van der Waals surface area contributed by atoms with Gasteiger partial charge in [-0.15, -0.1) is 0 Å². The molecule has 5 heteroatoms. The predicted molar refractivity (Wildman–Crippen MR) is 67.5 cm³/mol. The molecule has 1 fully saturated rings. The van der Waals surface area contributed by atoms with Crippen LogP contribution in [-0.2, 0) is 0 Å². The van der Waals surface area contributed by atoms with Gasteiger partial charge in [0.15, 0.2) is 0 Å². The molecule has 1 atom stereocenters. The summed E-state index contributed by atoms with van der Waals surface area (Å²) in [6.07, 6.45) is -3.32. The first-order chi connectivity index (χ1) is 8.37. The van der Waals surface area contributed by atoms with E-state index in [0.29, 0.717) is 18.4 Å². The van der Waals surface area contributed by atoms with Gasteiger partial charge in [-0.25, -0.2) is 0 Å². The summed E-state index contributed by atoms with van der Waals surface area (Å²) >= 11 is 0. The predicted octanol–water partition coefficient (Wildman–Crippen LogP) is 2.90. The molecule has 108 valence electrons. The van der Waals surface area contributed by atoms with Crippen molar-refractivity contribution in [3.63, 3.8) is 0 Å². The van der Waals surface area contributed by atoms with Gasteiger partial charge in [0.25, 0.3) is 0 Å². The highest BCUT2D eigenvalue weighted by Crippen LogP contribution is 2.22. The first-order valence-electron chi connectivity index (χ1n) is 6.86. The van der Waals surface area contributed by atoms with Crippen LogP contribution in [0.3, 0.4) is 0 Å². The van der Waals surface area contributed by atoms with E-state index in [-0.39, 0.29) is 6.42 Å². The minimum absolute atomic E-state index is 0.232. The molecule has 0 aromatic heterocycles. The number of likely N-dealkylation sites (tertiary alicyclic amines) is 1. The second kappa shape index (κ2) is 7.34. The summed E-state index contributed by atoms with van der Waals surface area (Å²) in [6, 6.07) is 0. The van der Waals surface area contributed by atoms with E-state index in [9.17, 15) is 13.2 Å². The Morgan fingerprint density at radius 3 is 2.67 bits per heavy atom. The van der Waals surface area contributed by atoms with Gasteiger partial charge in [-0.1, -0.05) is 13.8 Å². The van der Waals surface area contributed by atoms with Crippen molar-refractivity contribution in [1.29, 1.82) is 0 Å². The van der Waals surface area contributed by atoms with Gasteiger partial charge in [-0.3, -0.25) is 0 Å². The second-order valence-corrected chi connectivity index (χ2v) is 5.73. The van der Waals surface area contributed by atoms with Gasteiger partial charge < -0.3 is 10.2 Å². The standard InChI is InChI=1S/C13H25F3N2/c1-11(2)8-17-9-12-4-7-18(10-12)6-3-5-13(14,15)16/h11-12,17H,3-10H2,1-2H3. The molecular weight excluding hydrogens is 241 g/mol. The fourth-order valence-electron chi connectivity index (χ4n) is 2.36. The lowest BCUT2D eigenvalue weighted by Crippen LogP contribution is -2.29. The summed E-state index contributed by atoms with van der Waals surface area (Å²) in [4.78, 5) is 2.16. The maximum absolute atomic E-state index is 12.0. The van der Waals surface area contributed by atoms with Crippen molar-refractivity contribution < 1.29 is 13.2 Å². The van der Waals surface area contributed by atoms with Crippen LogP contribution in [0.25, 0.3) is 0 Å². The molecule has 0 amide bonds. The minimum Gasteiger partial charge on any atom is -0.316 e. The number of rotatable bonds is 7. The van der Waals surface area contributed by atoms with Crippen molar-refractivity contribution >= 4 is 0 Å². The number of alkyl halides is 3. The van der Waals surface area contributed by atoms with Crippen molar-refractivity contribution in [2.45, 2.75) is 39.3 Å². The molecule has 0 radical (unpaired) electrons. The van der Waals surface area contributed by atoms with Crippen LogP contribution in [0, 0.1) is 11.8 Å². The molecule has 1 unspecified atom stereocenters. The lowest BCUT2D eigenvalue weighted by atomic mass is 10.1. The molecule has 1 aliphatic rings. The van der Waals surface area contributed by atoms with Gasteiger partial charge in [0.2, 0.25) is 0 Å². The fraction of sp³-hybridized carbons (Fsp3) is 1.00. The SMILES string of the molecule is CC(C)CNCC1CCN(CCCC(F)(F)F)C1. The first-order valence-corrected chi connectivity index (χ1v) is 6.86. The molecule has 18 heavy (non-hydrogen) atoms. The second-order valence-electron chi connectivity index (χ2n) is 5.73. The third-order valence-electron chi connectivity index (χ3n) is 3.29. The molecule has 0 aliphatic carbocycles. The monoisotopic (exact) mass is 266 g/mol. The van der Waals surface area contributed by atoms with Crippen molar-refractivity contribution in [3.05, 3.63) is 0 Å². The van der Waals surface area contributed by atoms with Gasteiger partial charge >= 0.3 is 6.18 Å². The third kappa shape index (κ3) is 7.21.